The predicted molar refractivity (Wildman–Crippen MR) is 47.0 cm³/mol. The second kappa shape index (κ2) is 2.39. The van der Waals surface area contributed by atoms with Crippen molar-refractivity contribution < 1.29 is 9.53 Å². The number of thioether (sulfide) groups is 1. The van der Waals surface area contributed by atoms with Gasteiger partial charge in [-0.05, 0) is 12.7 Å². The second-order valence-corrected chi connectivity index (χ2v) is 4.46. The van der Waals surface area contributed by atoms with Gasteiger partial charge in [0.25, 0.3) is 11.9 Å². The molecule has 0 bridgehead atoms. The average molecular weight is 186 g/mol. The Balaban J connectivity index is 2.29. The van der Waals surface area contributed by atoms with Crippen LogP contribution in [0.2, 0.25) is 0 Å². The fraction of sp³-hybridized carbons (Fsp3) is 0.714. The van der Waals surface area contributed by atoms with Crippen LogP contribution in [0.15, 0.2) is 4.99 Å². The van der Waals surface area contributed by atoms with Crippen molar-refractivity contribution in [2.75, 3.05) is 5.75 Å². The summed E-state index contributed by atoms with van der Waals surface area (Å²) < 4.78 is 5.29. The molecule has 5 heteroatoms. The van der Waals surface area contributed by atoms with Gasteiger partial charge in [0.15, 0.2) is 0 Å². The number of amides is 1. The van der Waals surface area contributed by atoms with Crippen LogP contribution in [0.1, 0.15) is 13.3 Å². The third-order valence-corrected chi connectivity index (χ3v) is 3.68. The summed E-state index contributed by atoms with van der Waals surface area (Å²) in [5, 5.41) is 0.162. The summed E-state index contributed by atoms with van der Waals surface area (Å²) in [7, 11) is 0. The largest absolute Gasteiger partial charge is 0.447 e. The zero-order valence-corrected chi connectivity index (χ0v) is 7.56. The van der Waals surface area contributed by atoms with Crippen LogP contribution < -0.4 is 5.73 Å². The molecule has 2 rings (SSSR count). The van der Waals surface area contributed by atoms with Crippen molar-refractivity contribution in [2.24, 2.45) is 10.7 Å². The quantitative estimate of drug-likeness (QED) is 0.583. The number of carbonyl (C=O) groups is 1. The SMILES string of the molecule is CC1SCCC12OC(N)=NC2=O. The Kier molecular flexibility index (Phi) is 1.57. The molecule has 0 radical (unpaired) electrons. The molecule has 1 saturated heterocycles. The van der Waals surface area contributed by atoms with Crippen LogP contribution in [-0.2, 0) is 9.53 Å². The van der Waals surface area contributed by atoms with E-state index in [1.165, 1.54) is 0 Å². The Morgan fingerprint density at radius 3 is 3.00 bits per heavy atom. The summed E-state index contributed by atoms with van der Waals surface area (Å²) >= 11 is 1.72. The number of ether oxygens (including phenoxy) is 1. The summed E-state index contributed by atoms with van der Waals surface area (Å²) in [6.45, 7) is 1.98. The Labute approximate surface area is 74.6 Å². The molecule has 0 aromatic rings. The standard InChI is InChI=1S/C7H10N2O2S/c1-4-7(2-3-12-4)5(10)9-6(8)11-7/h4H,2-3H2,1H3,(H2,8,9,10). The van der Waals surface area contributed by atoms with Crippen molar-refractivity contribution >= 4 is 23.7 Å². The van der Waals surface area contributed by atoms with Crippen molar-refractivity contribution in [3.63, 3.8) is 0 Å². The summed E-state index contributed by atoms with van der Waals surface area (Å²) in [6, 6.07) is 0.0225. The highest BCUT2D eigenvalue weighted by Crippen LogP contribution is 2.41. The Bertz CT molecular complexity index is 266. The maximum Gasteiger partial charge on any atom is 0.295 e. The molecular formula is C7H10N2O2S. The van der Waals surface area contributed by atoms with E-state index in [2.05, 4.69) is 4.99 Å². The molecule has 1 amide bonds. The van der Waals surface area contributed by atoms with Gasteiger partial charge in [-0.1, -0.05) is 0 Å². The molecule has 66 valence electrons. The lowest BCUT2D eigenvalue weighted by Gasteiger charge is -2.23. The molecule has 0 aromatic heterocycles. The lowest BCUT2D eigenvalue weighted by atomic mass is 9.97. The highest BCUT2D eigenvalue weighted by Gasteiger charge is 2.53. The van der Waals surface area contributed by atoms with E-state index < -0.39 is 5.60 Å². The van der Waals surface area contributed by atoms with Gasteiger partial charge in [-0.15, -0.1) is 0 Å². The van der Waals surface area contributed by atoms with E-state index in [1.807, 2.05) is 6.92 Å². The van der Waals surface area contributed by atoms with Crippen LogP contribution in [0, 0.1) is 0 Å². The van der Waals surface area contributed by atoms with Crippen molar-refractivity contribution in [3.8, 4) is 0 Å². The van der Waals surface area contributed by atoms with Crippen LogP contribution in [0.25, 0.3) is 0 Å². The first-order valence-electron chi connectivity index (χ1n) is 3.84. The molecule has 1 spiro atoms. The highest BCUT2D eigenvalue weighted by atomic mass is 32.2. The third-order valence-electron chi connectivity index (χ3n) is 2.36. The van der Waals surface area contributed by atoms with Gasteiger partial charge in [-0.2, -0.15) is 16.8 Å². The molecule has 2 aliphatic heterocycles. The maximum atomic E-state index is 11.4. The molecule has 2 aliphatic rings. The summed E-state index contributed by atoms with van der Waals surface area (Å²) in [5.41, 5.74) is 4.61. The van der Waals surface area contributed by atoms with Crippen LogP contribution >= 0.6 is 11.8 Å². The van der Waals surface area contributed by atoms with Crippen LogP contribution in [0.5, 0.6) is 0 Å². The van der Waals surface area contributed by atoms with E-state index in [9.17, 15) is 4.79 Å². The number of hydrogen-bond donors (Lipinski definition) is 1. The molecule has 1 fully saturated rings. The lowest BCUT2D eigenvalue weighted by Crippen LogP contribution is -2.43. The van der Waals surface area contributed by atoms with Crippen LogP contribution in [0.4, 0.5) is 0 Å². The summed E-state index contributed by atoms with van der Waals surface area (Å²) in [4.78, 5) is 15.0. The van der Waals surface area contributed by atoms with Crippen molar-refractivity contribution in [1.82, 2.24) is 0 Å². The molecule has 0 aromatic carbocycles. The van der Waals surface area contributed by atoms with Crippen LogP contribution in [0.3, 0.4) is 0 Å². The van der Waals surface area contributed by atoms with E-state index in [0.717, 1.165) is 12.2 Å². The van der Waals surface area contributed by atoms with E-state index in [1.54, 1.807) is 11.8 Å². The lowest BCUT2D eigenvalue weighted by molar-refractivity contribution is -0.130. The number of amidine groups is 1. The molecule has 12 heavy (non-hydrogen) atoms. The number of nitrogens with two attached hydrogens (primary N) is 1. The number of hydrogen-bond acceptors (Lipinski definition) is 4. The first kappa shape index (κ1) is 7.91. The third kappa shape index (κ3) is 0.857. The fourth-order valence-corrected chi connectivity index (χ4v) is 2.90. The van der Waals surface area contributed by atoms with Gasteiger partial charge < -0.3 is 10.5 Å². The molecular weight excluding hydrogens is 176 g/mol. The molecule has 2 N–H and O–H groups in total. The number of nitrogens with zero attached hydrogens (tertiary/aromatic N) is 1. The van der Waals surface area contributed by atoms with Gasteiger partial charge in [0, 0.05) is 6.42 Å². The van der Waals surface area contributed by atoms with Crippen molar-refractivity contribution in [2.45, 2.75) is 24.2 Å². The molecule has 4 nitrogen and oxygen atoms in total. The zero-order valence-electron chi connectivity index (χ0n) is 6.74. The molecule has 0 aliphatic carbocycles. The predicted octanol–water partition coefficient (Wildman–Crippen LogP) is 0.122. The molecule has 2 atom stereocenters. The highest BCUT2D eigenvalue weighted by molar-refractivity contribution is 8.00. The minimum Gasteiger partial charge on any atom is -0.447 e. The molecule has 0 saturated carbocycles. The van der Waals surface area contributed by atoms with Gasteiger partial charge in [-0.25, -0.2) is 0 Å². The summed E-state index contributed by atoms with van der Waals surface area (Å²) in [6.07, 6.45) is 0.724. The monoisotopic (exact) mass is 186 g/mol. The van der Waals surface area contributed by atoms with E-state index in [4.69, 9.17) is 10.5 Å². The zero-order chi connectivity index (χ0) is 8.77. The van der Waals surface area contributed by atoms with Gasteiger partial charge in [-0.3, -0.25) is 4.79 Å². The maximum absolute atomic E-state index is 11.4. The first-order valence-corrected chi connectivity index (χ1v) is 4.89. The normalized spacial score (nSPS) is 40.2. The van der Waals surface area contributed by atoms with E-state index in [0.29, 0.717) is 0 Å². The van der Waals surface area contributed by atoms with E-state index >= 15 is 0 Å². The van der Waals surface area contributed by atoms with Gasteiger partial charge >= 0.3 is 0 Å². The van der Waals surface area contributed by atoms with Crippen LogP contribution in [-0.4, -0.2) is 28.5 Å². The van der Waals surface area contributed by atoms with Crippen molar-refractivity contribution in [3.05, 3.63) is 0 Å². The fourth-order valence-electron chi connectivity index (χ4n) is 1.59. The van der Waals surface area contributed by atoms with E-state index in [-0.39, 0.29) is 17.2 Å². The minimum atomic E-state index is -0.727. The topological polar surface area (TPSA) is 64.7 Å². The number of rotatable bonds is 0. The molecule has 2 heterocycles. The van der Waals surface area contributed by atoms with Gasteiger partial charge in [0.2, 0.25) is 5.60 Å². The Morgan fingerprint density at radius 1 is 1.83 bits per heavy atom. The smallest absolute Gasteiger partial charge is 0.295 e. The van der Waals surface area contributed by atoms with Gasteiger partial charge in [0.05, 0.1) is 5.25 Å². The van der Waals surface area contributed by atoms with Crippen molar-refractivity contribution in [1.29, 1.82) is 0 Å². The number of aliphatic imine (C=N–C) groups is 1. The first-order chi connectivity index (χ1) is 5.65. The number of carbonyl (C=O) groups excluding carboxylic acids is 1. The second-order valence-electron chi connectivity index (χ2n) is 3.01. The average Bonchev–Trinajstić information content (AvgIpc) is 2.44. The minimum absolute atomic E-state index is 0.0225. The Hall–Kier alpha value is -0.710. The Morgan fingerprint density at radius 2 is 2.58 bits per heavy atom. The molecule has 2 unspecified atom stereocenters. The van der Waals surface area contributed by atoms with Gasteiger partial charge in [0.1, 0.15) is 0 Å². The summed E-state index contributed by atoms with van der Waals surface area (Å²) in [5.74, 6) is 0.730.